The smallest absolute Gasteiger partial charge is 0.426 e. The summed E-state index contributed by atoms with van der Waals surface area (Å²) in [4.78, 5) is 35.3. The molecule has 2 atom stereocenters. The third-order valence-corrected chi connectivity index (χ3v) is 4.48. The molecule has 3 rings (SSSR count). The summed E-state index contributed by atoms with van der Waals surface area (Å²) in [5.74, 6) is -1.54. The van der Waals surface area contributed by atoms with Crippen LogP contribution in [0.1, 0.15) is 5.56 Å². The van der Waals surface area contributed by atoms with Gasteiger partial charge in [-0.05, 0) is 23.3 Å². The molecular formula is C18H17FN3O4+. The van der Waals surface area contributed by atoms with Gasteiger partial charge in [-0.25, -0.2) is 18.8 Å². The van der Waals surface area contributed by atoms with Gasteiger partial charge in [0, 0.05) is 5.56 Å². The van der Waals surface area contributed by atoms with E-state index in [1.807, 2.05) is 0 Å². The van der Waals surface area contributed by atoms with Gasteiger partial charge in [0.05, 0.1) is 0 Å². The summed E-state index contributed by atoms with van der Waals surface area (Å²) in [6, 6.07) is 10.2. The highest BCUT2D eigenvalue weighted by Crippen LogP contribution is 2.24. The van der Waals surface area contributed by atoms with Gasteiger partial charge in [-0.1, -0.05) is 36.4 Å². The number of rotatable bonds is 4. The number of primary amides is 1. The van der Waals surface area contributed by atoms with Gasteiger partial charge in [-0.2, -0.15) is 4.48 Å². The van der Waals surface area contributed by atoms with Crippen LogP contribution in [0.4, 0.5) is 14.0 Å². The van der Waals surface area contributed by atoms with Crippen LogP contribution in [0.5, 0.6) is 0 Å². The Bertz CT molecular complexity index is 867. The normalized spacial score (nSPS) is 22.0. The number of aliphatic carboxylic acids is 1. The molecule has 1 aliphatic rings. The number of amides is 4. The van der Waals surface area contributed by atoms with Crippen LogP contribution in [-0.4, -0.2) is 40.2 Å². The van der Waals surface area contributed by atoms with E-state index < -0.39 is 28.6 Å². The van der Waals surface area contributed by atoms with Crippen molar-refractivity contribution in [2.45, 2.75) is 12.6 Å². The lowest BCUT2D eigenvalue weighted by molar-refractivity contribution is -0.771. The molecule has 0 aliphatic carbocycles. The van der Waals surface area contributed by atoms with Gasteiger partial charge in [0.15, 0.2) is 6.04 Å². The molecule has 8 heteroatoms. The van der Waals surface area contributed by atoms with E-state index in [4.69, 9.17) is 10.8 Å². The van der Waals surface area contributed by atoms with Gasteiger partial charge < -0.3 is 10.8 Å². The standard InChI is InChI=1S/C18H16FN3O4/c19-14-7-5-13(6-8-14)12-3-1-11(2-4-12)9-22(17(20)25)10-15(16(23)24)21-18(22)26/h1-8,15H,9-10H2,(H3-,20,21,23,24,25,26)/p+1/t15-,22?/m1/s1. The zero-order chi connectivity index (χ0) is 18.9. The second kappa shape index (κ2) is 6.57. The van der Waals surface area contributed by atoms with Crippen LogP contribution in [0, 0.1) is 5.82 Å². The maximum Gasteiger partial charge on any atom is 0.426 e. The van der Waals surface area contributed by atoms with Crippen molar-refractivity contribution in [2.24, 2.45) is 5.73 Å². The Hall–Kier alpha value is -3.26. The maximum atomic E-state index is 13.0. The fourth-order valence-corrected chi connectivity index (χ4v) is 3.01. The molecule has 1 aliphatic heterocycles. The molecule has 26 heavy (non-hydrogen) atoms. The molecule has 0 spiro atoms. The number of urea groups is 2. The van der Waals surface area contributed by atoms with E-state index in [0.29, 0.717) is 5.56 Å². The van der Waals surface area contributed by atoms with Crippen molar-refractivity contribution in [2.75, 3.05) is 6.54 Å². The predicted molar refractivity (Wildman–Crippen MR) is 90.2 cm³/mol. The number of quaternary nitrogens is 1. The quantitative estimate of drug-likeness (QED) is 0.727. The van der Waals surface area contributed by atoms with Crippen molar-refractivity contribution in [3.8, 4) is 11.1 Å². The second-order valence-electron chi connectivity index (χ2n) is 6.19. The monoisotopic (exact) mass is 358 g/mol. The lowest BCUT2D eigenvalue weighted by Crippen LogP contribution is -2.57. The Morgan fingerprint density at radius 3 is 2.12 bits per heavy atom. The Morgan fingerprint density at radius 1 is 1.12 bits per heavy atom. The molecule has 1 unspecified atom stereocenters. The minimum Gasteiger partial charge on any atom is -0.480 e. The maximum absolute atomic E-state index is 13.0. The third kappa shape index (κ3) is 3.14. The number of imide groups is 1. The molecule has 1 saturated heterocycles. The SMILES string of the molecule is NC(=O)[N+]1(Cc2ccc(-c3ccc(F)cc3)cc2)C[C@H](C(=O)O)NC1=O. The fraction of sp³-hybridized carbons (Fsp3) is 0.167. The van der Waals surface area contributed by atoms with Gasteiger partial charge in [-0.3, -0.25) is 5.32 Å². The molecular weight excluding hydrogens is 341 g/mol. The summed E-state index contributed by atoms with van der Waals surface area (Å²) in [5.41, 5.74) is 7.72. The number of carbonyl (C=O) groups excluding carboxylic acids is 2. The number of carboxylic acids is 1. The van der Waals surface area contributed by atoms with Crippen molar-refractivity contribution in [3.63, 3.8) is 0 Å². The number of hydrogen-bond acceptors (Lipinski definition) is 3. The van der Waals surface area contributed by atoms with E-state index in [1.54, 1.807) is 36.4 Å². The van der Waals surface area contributed by atoms with Gasteiger partial charge in [0.1, 0.15) is 18.9 Å². The zero-order valence-corrected chi connectivity index (χ0v) is 13.7. The van der Waals surface area contributed by atoms with Gasteiger partial charge in [-0.15, -0.1) is 0 Å². The summed E-state index contributed by atoms with van der Waals surface area (Å²) < 4.78 is 12.2. The summed E-state index contributed by atoms with van der Waals surface area (Å²) in [7, 11) is 0. The van der Waals surface area contributed by atoms with E-state index in [0.717, 1.165) is 11.1 Å². The number of benzene rings is 2. The van der Waals surface area contributed by atoms with Crippen LogP contribution < -0.4 is 11.1 Å². The van der Waals surface area contributed by atoms with Crippen molar-refractivity contribution in [3.05, 3.63) is 59.9 Å². The van der Waals surface area contributed by atoms with Gasteiger partial charge in [0.2, 0.25) is 0 Å². The minimum atomic E-state index is -1.22. The first-order valence-electron chi connectivity index (χ1n) is 7.88. The van der Waals surface area contributed by atoms with Gasteiger partial charge in [0.25, 0.3) is 0 Å². The zero-order valence-electron chi connectivity index (χ0n) is 13.7. The minimum absolute atomic E-state index is 0.0470. The van der Waals surface area contributed by atoms with E-state index in [9.17, 15) is 18.8 Å². The molecule has 134 valence electrons. The lowest BCUT2D eigenvalue weighted by atomic mass is 10.0. The lowest BCUT2D eigenvalue weighted by Gasteiger charge is -2.24. The molecule has 0 saturated carbocycles. The first kappa shape index (κ1) is 17.6. The van der Waals surface area contributed by atoms with Crippen molar-refractivity contribution >= 4 is 18.0 Å². The molecule has 0 radical (unpaired) electrons. The average Bonchev–Trinajstić information content (AvgIpc) is 2.95. The van der Waals surface area contributed by atoms with Crippen LogP contribution in [0.2, 0.25) is 0 Å². The Labute approximate surface area is 148 Å². The largest absolute Gasteiger partial charge is 0.480 e. The molecule has 0 bridgehead atoms. The van der Waals surface area contributed by atoms with Crippen LogP contribution >= 0.6 is 0 Å². The summed E-state index contributed by atoms with van der Waals surface area (Å²) in [6.07, 6.45) is 0. The summed E-state index contributed by atoms with van der Waals surface area (Å²) >= 11 is 0. The van der Waals surface area contributed by atoms with E-state index in [-0.39, 0.29) is 18.9 Å². The molecule has 2 aromatic carbocycles. The van der Waals surface area contributed by atoms with E-state index >= 15 is 0 Å². The number of carboxylic acid groups (broad SMARTS) is 1. The molecule has 4 amide bonds. The van der Waals surface area contributed by atoms with Crippen LogP contribution in [0.25, 0.3) is 11.1 Å². The second-order valence-corrected chi connectivity index (χ2v) is 6.19. The highest BCUT2D eigenvalue weighted by Gasteiger charge is 2.54. The Kier molecular flexibility index (Phi) is 4.43. The number of carbonyl (C=O) groups is 3. The van der Waals surface area contributed by atoms with Crippen LogP contribution in [0.3, 0.4) is 0 Å². The topological polar surface area (TPSA) is 109 Å². The van der Waals surface area contributed by atoms with Crippen molar-refractivity contribution < 1.29 is 28.4 Å². The van der Waals surface area contributed by atoms with Crippen LogP contribution in [0.15, 0.2) is 48.5 Å². The first-order chi connectivity index (χ1) is 12.3. The number of nitrogens with zero attached hydrogens (tertiary/aromatic N) is 1. The number of nitrogens with two attached hydrogens (primary N) is 1. The van der Waals surface area contributed by atoms with Crippen LogP contribution in [-0.2, 0) is 11.3 Å². The molecule has 0 aromatic heterocycles. The predicted octanol–water partition coefficient (Wildman–Crippen LogP) is 2.06. The third-order valence-electron chi connectivity index (χ3n) is 4.48. The number of halogens is 1. The molecule has 4 N–H and O–H groups in total. The highest BCUT2D eigenvalue weighted by molar-refractivity contribution is 5.89. The van der Waals surface area contributed by atoms with E-state index in [1.165, 1.54) is 12.1 Å². The van der Waals surface area contributed by atoms with Crippen molar-refractivity contribution in [1.82, 2.24) is 5.32 Å². The molecule has 7 nitrogen and oxygen atoms in total. The van der Waals surface area contributed by atoms with Crippen molar-refractivity contribution in [1.29, 1.82) is 0 Å². The Morgan fingerprint density at radius 2 is 1.65 bits per heavy atom. The van der Waals surface area contributed by atoms with E-state index in [2.05, 4.69) is 5.32 Å². The van der Waals surface area contributed by atoms with Gasteiger partial charge >= 0.3 is 18.0 Å². The average molecular weight is 358 g/mol. The fourth-order valence-electron chi connectivity index (χ4n) is 3.01. The summed E-state index contributed by atoms with van der Waals surface area (Å²) in [6.45, 7) is -0.294. The number of nitrogens with one attached hydrogen (secondary N) is 1. The molecule has 2 aromatic rings. The number of hydrogen-bond donors (Lipinski definition) is 3. The Balaban J connectivity index is 1.84. The summed E-state index contributed by atoms with van der Waals surface area (Å²) in [5, 5.41) is 11.4. The molecule has 1 fully saturated rings. The molecule has 1 heterocycles. The highest BCUT2D eigenvalue weighted by atomic mass is 19.1. The first-order valence-corrected chi connectivity index (χ1v) is 7.88.